The molecule has 0 unspecified atom stereocenters. The van der Waals surface area contributed by atoms with Crippen LogP contribution >= 0.6 is 0 Å². The Morgan fingerprint density at radius 3 is 2.91 bits per heavy atom. The summed E-state index contributed by atoms with van der Waals surface area (Å²) in [6.45, 7) is 0. The van der Waals surface area contributed by atoms with Gasteiger partial charge in [0.05, 0.1) is 5.69 Å². The van der Waals surface area contributed by atoms with Crippen LogP contribution in [0.15, 0.2) is 12.3 Å². The second kappa shape index (κ2) is 2.87. The lowest BCUT2D eigenvalue weighted by Crippen LogP contribution is -1.95. The van der Waals surface area contributed by atoms with E-state index in [9.17, 15) is 9.59 Å². The maximum absolute atomic E-state index is 10.3. The first-order valence-electron chi connectivity index (χ1n) is 2.86. The summed E-state index contributed by atoms with van der Waals surface area (Å²) in [7, 11) is 0. The van der Waals surface area contributed by atoms with Gasteiger partial charge in [0.15, 0.2) is 0 Å². The van der Waals surface area contributed by atoms with Crippen molar-refractivity contribution in [3.63, 3.8) is 0 Å². The smallest absolute Gasteiger partial charge is 0.352 e. The van der Waals surface area contributed by atoms with Crippen molar-refractivity contribution in [3.8, 4) is 0 Å². The molecular weight excluding hydrogens is 148 g/mol. The third-order valence-corrected chi connectivity index (χ3v) is 1.14. The van der Waals surface area contributed by atoms with Gasteiger partial charge < -0.3 is 15.4 Å². The summed E-state index contributed by atoms with van der Waals surface area (Å²) in [5.74, 6) is -1.05. The number of hydrogen-bond donors (Lipinski definition) is 3. The fourth-order valence-corrected chi connectivity index (χ4v) is 0.669. The number of aromatic carboxylic acids is 1. The first kappa shape index (κ1) is 7.33. The summed E-state index contributed by atoms with van der Waals surface area (Å²) in [4.78, 5) is 22.6. The Kier molecular flexibility index (Phi) is 1.91. The zero-order valence-electron chi connectivity index (χ0n) is 5.50. The zero-order valence-corrected chi connectivity index (χ0v) is 5.50. The average Bonchev–Trinajstić information content (AvgIpc) is 2.37. The van der Waals surface area contributed by atoms with Gasteiger partial charge in [-0.05, 0) is 6.07 Å². The van der Waals surface area contributed by atoms with Gasteiger partial charge in [-0.15, -0.1) is 0 Å². The summed E-state index contributed by atoms with van der Waals surface area (Å²) >= 11 is 0. The lowest BCUT2D eigenvalue weighted by atomic mass is 10.4. The van der Waals surface area contributed by atoms with E-state index in [2.05, 4.69) is 10.3 Å². The number of aromatic nitrogens is 1. The van der Waals surface area contributed by atoms with Gasteiger partial charge >= 0.3 is 5.97 Å². The minimum Gasteiger partial charge on any atom is -0.477 e. The molecule has 0 aliphatic heterocycles. The van der Waals surface area contributed by atoms with Crippen molar-refractivity contribution in [1.29, 1.82) is 0 Å². The monoisotopic (exact) mass is 154 g/mol. The molecule has 0 saturated carbocycles. The second-order valence-corrected chi connectivity index (χ2v) is 1.87. The van der Waals surface area contributed by atoms with Crippen LogP contribution in [0, 0.1) is 0 Å². The first-order chi connectivity index (χ1) is 5.24. The number of carbonyl (C=O) groups excluding carboxylic acids is 1. The third kappa shape index (κ3) is 1.57. The molecule has 1 aromatic rings. The van der Waals surface area contributed by atoms with Crippen LogP contribution in [-0.2, 0) is 4.79 Å². The molecule has 1 amide bonds. The molecule has 1 heterocycles. The van der Waals surface area contributed by atoms with Crippen molar-refractivity contribution in [2.24, 2.45) is 0 Å². The highest BCUT2D eigenvalue weighted by Crippen LogP contribution is 2.07. The maximum atomic E-state index is 10.3. The van der Waals surface area contributed by atoms with Gasteiger partial charge in [0.1, 0.15) is 5.69 Å². The van der Waals surface area contributed by atoms with E-state index in [0.29, 0.717) is 12.1 Å². The minimum absolute atomic E-state index is 0.0503. The normalized spacial score (nSPS) is 9.09. The Labute approximate surface area is 62.0 Å². The number of carbonyl (C=O) groups is 2. The van der Waals surface area contributed by atoms with E-state index in [4.69, 9.17) is 5.11 Å². The summed E-state index contributed by atoms with van der Waals surface area (Å²) in [6.07, 6.45) is 1.88. The molecule has 0 spiro atoms. The van der Waals surface area contributed by atoms with E-state index in [0.717, 1.165) is 0 Å². The van der Waals surface area contributed by atoms with Crippen LogP contribution in [-0.4, -0.2) is 22.5 Å². The summed E-state index contributed by atoms with van der Waals surface area (Å²) in [6, 6.07) is 1.33. The van der Waals surface area contributed by atoms with Crippen molar-refractivity contribution in [3.05, 3.63) is 18.0 Å². The van der Waals surface area contributed by atoms with Crippen LogP contribution in [0.3, 0.4) is 0 Å². The maximum Gasteiger partial charge on any atom is 0.352 e. The molecule has 3 N–H and O–H groups in total. The number of anilines is 1. The average molecular weight is 154 g/mol. The van der Waals surface area contributed by atoms with E-state index < -0.39 is 5.97 Å². The molecule has 1 rings (SSSR count). The Hall–Kier alpha value is -1.78. The zero-order chi connectivity index (χ0) is 8.27. The highest BCUT2D eigenvalue weighted by atomic mass is 16.4. The summed E-state index contributed by atoms with van der Waals surface area (Å²) < 4.78 is 0. The van der Waals surface area contributed by atoms with Crippen LogP contribution in [0.1, 0.15) is 10.5 Å². The Morgan fingerprint density at radius 2 is 2.45 bits per heavy atom. The summed E-state index contributed by atoms with van der Waals surface area (Å²) in [5.41, 5.74) is 0.492. The number of nitrogens with one attached hydrogen (secondary N) is 2. The third-order valence-electron chi connectivity index (χ3n) is 1.14. The van der Waals surface area contributed by atoms with Crippen molar-refractivity contribution >= 4 is 18.1 Å². The van der Waals surface area contributed by atoms with Crippen molar-refractivity contribution in [2.75, 3.05) is 5.32 Å². The fraction of sp³-hybridized carbons (Fsp3) is 0. The van der Waals surface area contributed by atoms with Gasteiger partial charge in [0, 0.05) is 6.20 Å². The van der Waals surface area contributed by atoms with Gasteiger partial charge in [-0.25, -0.2) is 4.79 Å². The van der Waals surface area contributed by atoms with Crippen LogP contribution < -0.4 is 5.32 Å². The summed E-state index contributed by atoms with van der Waals surface area (Å²) in [5, 5.41) is 10.7. The van der Waals surface area contributed by atoms with Gasteiger partial charge in [-0.3, -0.25) is 4.79 Å². The SMILES string of the molecule is O=CNc1c[nH]c(C(=O)O)c1. The highest BCUT2D eigenvalue weighted by Gasteiger charge is 2.04. The van der Waals surface area contributed by atoms with Crippen LogP contribution in [0.5, 0.6) is 0 Å². The number of carboxylic acid groups (broad SMARTS) is 1. The topological polar surface area (TPSA) is 82.2 Å². The molecule has 0 atom stereocenters. The molecule has 0 bridgehead atoms. The minimum atomic E-state index is -1.05. The van der Waals surface area contributed by atoms with Crippen LogP contribution in [0.25, 0.3) is 0 Å². The standard InChI is InChI=1S/C6H6N2O3/c9-3-8-4-1-5(6(10)11)7-2-4/h1-3,7H,(H,8,9)(H,10,11). The molecule has 11 heavy (non-hydrogen) atoms. The Balaban J connectivity index is 2.81. The molecule has 0 aliphatic carbocycles. The largest absolute Gasteiger partial charge is 0.477 e. The molecule has 5 heteroatoms. The lowest BCUT2D eigenvalue weighted by Gasteiger charge is -1.86. The van der Waals surface area contributed by atoms with Crippen LogP contribution in [0.4, 0.5) is 5.69 Å². The van der Waals surface area contributed by atoms with E-state index in [1.165, 1.54) is 12.3 Å². The molecule has 0 saturated heterocycles. The second-order valence-electron chi connectivity index (χ2n) is 1.87. The molecule has 0 aliphatic rings. The van der Waals surface area contributed by atoms with E-state index in [1.807, 2.05) is 0 Å². The van der Waals surface area contributed by atoms with E-state index >= 15 is 0 Å². The number of carboxylic acids is 1. The quantitative estimate of drug-likeness (QED) is 0.547. The number of rotatable bonds is 3. The molecule has 0 radical (unpaired) electrons. The number of amides is 1. The van der Waals surface area contributed by atoms with E-state index in [-0.39, 0.29) is 5.69 Å². The molecule has 0 aromatic carbocycles. The molecule has 58 valence electrons. The van der Waals surface area contributed by atoms with E-state index in [1.54, 1.807) is 0 Å². The van der Waals surface area contributed by atoms with Crippen molar-refractivity contribution in [2.45, 2.75) is 0 Å². The Morgan fingerprint density at radius 1 is 1.73 bits per heavy atom. The lowest BCUT2D eigenvalue weighted by molar-refractivity contribution is -0.105. The van der Waals surface area contributed by atoms with Crippen molar-refractivity contribution < 1.29 is 14.7 Å². The van der Waals surface area contributed by atoms with Gasteiger partial charge in [0.2, 0.25) is 6.41 Å². The Bertz CT molecular complexity index is 279. The molecule has 0 fully saturated rings. The van der Waals surface area contributed by atoms with Gasteiger partial charge in [0.25, 0.3) is 0 Å². The fourth-order valence-electron chi connectivity index (χ4n) is 0.669. The predicted octanol–water partition coefficient (Wildman–Crippen LogP) is 0.281. The number of hydrogen-bond acceptors (Lipinski definition) is 2. The van der Waals surface area contributed by atoms with Gasteiger partial charge in [-0.1, -0.05) is 0 Å². The molecular formula is C6H6N2O3. The molecule has 1 aromatic heterocycles. The first-order valence-corrected chi connectivity index (χ1v) is 2.86. The van der Waals surface area contributed by atoms with Crippen LogP contribution in [0.2, 0.25) is 0 Å². The van der Waals surface area contributed by atoms with Crippen molar-refractivity contribution in [1.82, 2.24) is 4.98 Å². The number of H-pyrrole nitrogens is 1. The number of aromatic amines is 1. The predicted molar refractivity (Wildman–Crippen MR) is 37.4 cm³/mol. The van der Waals surface area contributed by atoms with Gasteiger partial charge in [-0.2, -0.15) is 0 Å². The highest BCUT2D eigenvalue weighted by molar-refractivity contribution is 5.88. The molecule has 5 nitrogen and oxygen atoms in total.